The van der Waals surface area contributed by atoms with Crippen molar-refractivity contribution in [2.75, 3.05) is 0 Å². The van der Waals surface area contributed by atoms with Crippen LogP contribution >= 0.6 is 0 Å². The largest absolute Gasteiger partial charge is 0.365 e. The Hall–Kier alpha value is -3.92. The van der Waals surface area contributed by atoms with E-state index in [0.717, 1.165) is 5.39 Å². The molecule has 0 radical (unpaired) electrons. The molecule has 2 N–H and O–H groups in total. The maximum Gasteiger partial charge on any atom is 0.293 e. The van der Waals surface area contributed by atoms with E-state index in [9.17, 15) is 14.9 Å². The van der Waals surface area contributed by atoms with Gasteiger partial charge in [0.05, 0.1) is 4.92 Å². The van der Waals surface area contributed by atoms with Crippen molar-refractivity contribution < 1.29 is 9.72 Å². The highest BCUT2D eigenvalue weighted by atomic mass is 16.6. The topological polar surface area (TPSA) is 115 Å². The van der Waals surface area contributed by atoms with Gasteiger partial charge in [-0.2, -0.15) is 5.26 Å². The van der Waals surface area contributed by atoms with Gasteiger partial charge in [0, 0.05) is 23.3 Å². The van der Waals surface area contributed by atoms with Gasteiger partial charge in [-0.1, -0.05) is 24.3 Å². The summed E-state index contributed by atoms with van der Waals surface area (Å²) in [5.41, 5.74) is 5.66. The van der Waals surface area contributed by atoms with Gasteiger partial charge in [0.25, 0.3) is 11.6 Å². The molecule has 0 atom stereocenters. The highest BCUT2D eigenvalue weighted by Crippen LogP contribution is 2.33. The Labute approximate surface area is 142 Å². The number of fused-ring (bicyclic) bond motifs is 1. The standard InChI is InChI=1S/C18H12N4O3/c19-11-13(18(20)23)10-14-5-3-9-21(14)17-15-6-2-1-4-12(15)7-8-16(17)22(24)25/h1-10H,(H2,20,23)/b13-10+. The first kappa shape index (κ1) is 16.0. The first-order chi connectivity index (χ1) is 12.0. The van der Waals surface area contributed by atoms with Crippen molar-refractivity contribution in [1.82, 2.24) is 4.57 Å². The lowest BCUT2D eigenvalue weighted by Gasteiger charge is -2.11. The predicted molar refractivity (Wildman–Crippen MR) is 92.7 cm³/mol. The summed E-state index contributed by atoms with van der Waals surface area (Å²) in [4.78, 5) is 22.4. The van der Waals surface area contributed by atoms with Crippen LogP contribution in [0.5, 0.6) is 0 Å². The number of nitrogens with zero attached hydrogens (tertiary/aromatic N) is 3. The Balaban J connectivity index is 2.34. The number of aromatic nitrogens is 1. The summed E-state index contributed by atoms with van der Waals surface area (Å²) in [7, 11) is 0. The zero-order valence-corrected chi connectivity index (χ0v) is 12.9. The van der Waals surface area contributed by atoms with Crippen molar-refractivity contribution >= 4 is 28.4 Å². The molecule has 1 heterocycles. The third-order valence-corrected chi connectivity index (χ3v) is 3.78. The van der Waals surface area contributed by atoms with E-state index >= 15 is 0 Å². The number of nitro benzene ring substituents is 1. The number of benzene rings is 2. The number of nitriles is 1. The number of hydrogen-bond donors (Lipinski definition) is 1. The van der Waals surface area contributed by atoms with E-state index in [-0.39, 0.29) is 11.3 Å². The fourth-order valence-electron chi connectivity index (χ4n) is 2.67. The molecule has 3 rings (SSSR count). The molecule has 0 unspecified atom stereocenters. The van der Waals surface area contributed by atoms with E-state index < -0.39 is 10.8 Å². The molecule has 0 aliphatic heterocycles. The fourth-order valence-corrected chi connectivity index (χ4v) is 2.67. The van der Waals surface area contributed by atoms with Crippen LogP contribution in [0, 0.1) is 21.4 Å². The maximum atomic E-state index is 11.5. The van der Waals surface area contributed by atoms with Crippen LogP contribution in [-0.2, 0) is 4.79 Å². The van der Waals surface area contributed by atoms with Crippen LogP contribution in [0.3, 0.4) is 0 Å². The molecule has 7 nitrogen and oxygen atoms in total. The highest BCUT2D eigenvalue weighted by molar-refractivity contribution is 6.01. The molecule has 7 heteroatoms. The molecule has 0 saturated carbocycles. The number of primary amides is 1. The van der Waals surface area contributed by atoms with Gasteiger partial charge in [0.2, 0.25) is 0 Å². The summed E-state index contributed by atoms with van der Waals surface area (Å²) in [5, 5.41) is 22.1. The molecule has 0 bridgehead atoms. The molecule has 0 spiro atoms. The smallest absolute Gasteiger partial charge is 0.293 e. The van der Waals surface area contributed by atoms with Gasteiger partial charge in [0.15, 0.2) is 0 Å². The molecule has 2 aromatic carbocycles. The van der Waals surface area contributed by atoms with E-state index in [1.807, 2.05) is 12.1 Å². The average Bonchev–Trinajstić information content (AvgIpc) is 3.05. The summed E-state index contributed by atoms with van der Waals surface area (Å²) < 4.78 is 1.57. The van der Waals surface area contributed by atoms with Crippen molar-refractivity contribution in [2.45, 2.75) is 0 Å². The summed E-state index contributed by atoms with van der Waals surface area (Å²) in [6.45, 7) is 0. The molecule has 0 fully saturated rings. The zero-order chi connectivity index (χ0) is 18.0. The Morgan fingerprint density at radius 1 is 1.20 bits per heavy atom. The number of nitrogens with two attached hydrogens (primary N) is 1. The number of carbonyl (C=O) groups is 1. The number of hydrogen-bond acceptors (Lipinski definition) is 4. The van der Waals surface area contributed by atoms with Gasteiger partial charge in [-0.05, 0) is 29.7 Å². The zero-order valence-electron chi connectivity index (χ0n) is 12.9. The molecule has 122 valence electrons. The van der Waals surface area contributed by atoms with Crippen LogP contribution in [0.25, 0.3) is 22.5 Å². The van der Waals surface area contributed by atoms with Crippen molar-refractivity contribution in [3.05, 3.63) is 76.1 Å². The fraction of sp³-hybridized carbons (Fsp3) is 0. The predicted octanol–water partition coefficient (Wildman–Crippen LogP) is 2.93. The summed E-state index contributed by atoms with van der Waals surface area (Å²) in [5.74, 6) is -0.859. The van der Waals surface area contributed by atoms with E-state index in [4.69, 9.17) is 11.0 Å². The highest BCUT2D eigenvalue weighted by Gasteiger charge is 2.20. The van der Waals surface area contributed by atoms with Gasteiger partial charge in [-0.3, -0.25) is 14.9 Å². The van der Waals surface area contributed by atoms with E-state index in [1.54, 1.807) is 47.2 Å². The first-order valence-electron chi connectivity index (χ1n) is 7.28. The van der Waals surface area contributed by atoms with E-state index in [1.165, 1.54) is 12.1 Å². The van der Waals surface area contributed by atoms with E-state index in [0.29, 0.717) is 16.8 Å². The lowest BCUT2D eigenvalue weighted by molar-refractivity contribution is -0.384. The molecule has 1 amide bonds. The quantitative estimate of drug-likeness (QED) is 0.342. The number of nitro groups is 1. The van der Waals surface area contributed by atoms with Crippen LogP contribution in [0.15, 0.2) is 60.3 Å². The second kappa shape index (κ2) is 6.29. The minimum Gasteiger partial charge on any atom is -0.365 e. The van der Waals surface area contributed by atoms with E-state index in [2.05, 4.69) is 0 Å². The third kappa shape index (κ3) is 2.84. The summed E-state index contributed by atoms with van der Waals surface area (Å²) in [6.07, 6.45) is 2.95. The Morgan fingerprint density at radius 2 is 1.96 bits per heavy atom. The second-order valence-corrected chi connectivity index (χ2v) is 5.25. The Morgan fingerprint density at radius 3 is 2.64 bits per heavy atom. The van der Waals surface area contributed by atoms with Crippen molar-refractivity contribution in [3.8, 4) is 11.8 Å². The molecule has 0 aliphatic rings. The molecular formula is C18H12N4O3. The van der Waals surface area contributed by atoms with Crippen molar-refractivity contribution in [3.63, 3.8) is 0 Å². The monoisotopic (exact) mass is 332 g/mol. The molecule has 25 heavy (non-hydrogen) atoms. The second-order valence-electron chi connectivity index (χ2n) is 5.25. The SMILES string of the molecule is N#C/C(=C\c1cccn1-c1c([N+](=O)[O-])ccc2ccccc12)C(N)=O. The van der Waals surface area contributed by atoms with Gasteiger partial charge >= 0.3 is 0 Å². The molecule has 0 aliphatic carbocycles. The van der Waals surface area contributed by atoms with Crippen molar-refractivity contribution in [1.29, 1.82) is 5.26 Å². The van der Waals surface area contributed by atoms with Gasteiger partial charge in [-0.25, -0.2) is 0 Å². The van der Waals surface area contributed by atoms with Crippen LogP contribution in [0.1, 0.15) is 5.69 Å². The minimum atomic E-state index is -0.859. The van der Waals surface area contributed by atoms with Gasteiger partial charge < -0.3 is 10.3 Å². The maximum absolute atomic E-state index is 11.5. The van der Waals surface area contributed by atoms with Crippen LogP contribution in [-0.4, -0.2) is 15.4 Å². The number of amides is 1. The molecule has 3 aromatic rings. The Kier molecular flexibility index (Phi) is 4.02. The summed E-state index contributed by atoms with van der Waals surface area (Å²) in [6, 6.07) is 15.4. The number of rotatable bonds is 4. The lowest BCUT2D eigenvalue weighted by Crippen LogP contribution is -2.12. The van der Waals surface area contributed by atoms with Crippen LogP contribution in [0.4, 0.5) is 5.69 Å². The molecule has 1 aromatic heterocycles. The minimum absolute atomic E-state index is 0.0814. The normalized spacial score (nSPS) is 11.2. The molecular weight excluding hydrogens is 320 g/mol. The summed E-state index contributed by atoms with van der Waals surface area (Å²) >= 11 is 0. The first-order valence-corrected chi connectivity index (χ1v) is 7.28. The van der Waals surface area contributed by atoms with Crippen molar-refractivity contribution in [2.24, 2.45) is 5.73 Å². The lowest BCUT2D eigenvalue weighted by atomic mass is 10.1. The van der Waals surface area contributed by atoms with Crippen LogP contribution in [0.2, 0.25) is 0 Å². The van der Waals surface area contributed by atoms with Gasteiger partial charge in [0.1, 0.15) is 17.3 Å². The average molecular weight is 332 g/mol. The van der Waals surface area contributed by atoms with Gasteiger partial charge in [-0.15, -0.1) is 0 Å². The third-order valence-electron chi connectivity index (χ3n) is 3.78. The van der Waals surface area contributed by atoms with Crippen LogP contribution < -0.4 is 5.73 Å². The number of carbonyl (C=O) groups excluding carboxylic acids is 1. The molecule has 0 saturated heterocycles. The Bertz CT molecular complexity index is 1070.